The maximum absolute atomic E-state index is 8.34. The lowest BCUT2D eigenvalue weighted by atomic mass is 10.4. The van der Waals surface area contributed by atoms with E-state index in [0.29, 0.717) is 13.1 Å². The van der Waals surface area contributed by atoms with Crippen molar-refractivity contribution in [2.24, 2.45) is 0 Å². The van der Waals surface area contributed by atoms with E-state index in [-0.39, 0.29) is 26.4 Å². The van der Waals surface area contributed by atoms with Crippen LogP contribution in [0.15, 0.2) is 0 Å². The van der Waals surface area contributed by atoms with Crippen molar-refractivity contribution < 1.29 is 25.5 Å². The molecule has 5 N–H and O–H groups in total. The lowest BCUT2D eigenvalue weighted by molar-refractivity contribution is 0.0450. The molecule has 0 aliphatic carbocycles. The minimum absolute atomic E-state index is 0.163. The second kappa shape index (κ2) is 12.8. The van der Waals surface area contributed by atoms with Gasteiger partial charge in [0, 0.05) is 13.1 Å². The molecule has 0 aliphatic rings. The molecule has 0 rings (SSSR count). The predicted molar refractivity (Wildman–Crippen MR) is 51.8 cm³/mol. The molecule has 0 unspecified atom stereocenters. The molecule has 0 aromatic rings. The van der Waals surface area contributed by atoms with Gasteiger partial charge in [0.2, 0.25) is 0 Å². The minimum Gasteiger partial charge on any atom is -0.395 e. The van der Waals surface area contributed by atoms with Gasteiger partial charge in [0.25, 0.3) is 0 Å². The minimum atomic E-state index is -0.954. The van der Waals surface area contributed by atoms with E-state index in [1.807, 2.05) is 11.9 Å². The third-order valence-corrected chi connectivity index (χ3v) is 1.38. The van der Waals surface area contributed by atoms with Gasteiger partial charge in [0.15, 0.2) is 0 Å². The van der Waals surface area contributed by atoms with Crippen LogP contribution >= 0.6 is 0 Å². The standard InChI is InChI=1S/C5H13NO2.C3H8O3/c1-6(2-4-7)3-5-8;4-1-3(6)2-5/h7-8H,2-5H2,1H3;3-6H,1-2H2. The van der Waals surface area contributed by atoms with Gasteiger partial charge in [-0.05, 0) is 7.05 Å². The maximum atomic E-state index is 8.34. The molecule has 0 amide bonds. The molecule has 0 heterocycles. The first-order valence-corrected chi connectivity index (χ1v) is 4.42. The van der Waals surface area contributed by atoms with Crippen LogP contribution in [0.4, 0.5) is 0 Å². The van der Waals surface area contributed by atoms with Gasteiger partial charge in [-0.25, -0.2) is 0 Å². The van der Waals surface area contributed by atoms with Crippen LogP contribution in [0.2, 0.25) is 0 Å². The van der Waals surface area contributed by atoms with Crippen LogP contribution in [0.25, 0.3) is 0 Å². The lowest BCUT2D eigenvalue weighted by Crippen LogP contribution is -2.25. The Morgan fingerprint density at radius 3 is 1.43 bits per heavy atom. The molecule has 0 fully saturated rings. The third kappa shape index (κ3) is 14.3. The molecule has 14 heavy (non-hydrogen) atoms. The summed E-state index contributed by atoms with van der Waals surface area (Å²) in [6, 6.07) is 0. The van der Waals surface area contributed by atoms with Gasteiger partial charge >= 0.3 is 0 Å². The van der Waals surface area contributed by atoms with E-state index in [9.17, 15) is 0 Å². The highest BCUT2D eigenvalue weighted by molar-refractivity contribution is 4.45. The van der Waals surface area contributed by atoms with Crippen molar-refractivity contribution >= 4 is 0 Å². The first-order chi connectivity index (χ1) is 6.62. The molecule has 0 atom stereocenters. The first kappa shape index (κ1) is 16.2. The highest BCUT2D eigenvalue weighted by Crippen LogP contribution is 1.76. The fraction of sp³-hybridized carbons (Fsp3) is 1.00. The van der Waals surface area contributed by atoms with Crippen molar-refractivity contribution in [1.82, 2.24) is 4.90 Å². The maximum Gasteiger partial charge on any atom is 0.100 e. The molecule has 88 valence electrons. The van der Waals surface area contributed by atoms with Crippen molar-refractivity contribution in [3.8, 4) is 0 Å². The van der Waals surface area contributed by atoms with Crippen LogP contribution in [-0.2, 0) is 0 Å². The van der Waals surface area contributed by atoms with Crippen molar-refractivity contribution in [3.63, 3.8) is 0 Å². The highest BCUT2D eigenvalue weighted by atomic mass is 16.3. The average molecular weight is 211 g/mol. The van der Waals surface area contributed by atoms with Gasteiger partial charge in [-0.1, -0.05) is 0 Å². The Hall–Kier alpha value is -0.240. The first-order valence-electron chi connectivity index (χ1n) is 4.42. The van der Waals surface area contributed by atoms with E-state index in [1.54, 1.807) is 0 Å². The number of nitrogens with zero attached hydrogens (tertiary/aromatic N) is 1. The number of aliphatic hydroxyl groups is 5. The number of likely N-dealkylation sites (N-methyl/N-ethyl adjacent to an activating group) is 1. The summed E-state index contributed by atoms with van der Waals surface area (Å²) in [5.41, 5.74) is 0. The summed E-state index contributed by atoms with van der Waals surface area (Å²) < 4.78 is 0. The summed E-state index contributed by atoms with van der Waals surface area (Å²) in [6.45, 7) is 0.876. The molecule has 6 nitrogen and oxygen atoms in total. The summed E-state index contributed by atoms with van der Waals surface area (Å²) >= 11 is 0. The molecule has 0 aliphatic heterocycles. The van der Waals surface area contributed by atoms with E-state index in [0.717, 1.165) is 0 Å². The Morgan fingerprint density at radius 1 is 0.929 bits per heavy atom. The number of aliphatic hydroxyl groups excluding tert-OH is 5. The zero-order chi connectivity index (χ0) is 11.4. The molecule has 0 bridgehead atoms. The number of hydrogen-bond acceptors (Lipinski definition) is 6. The van der Waals surface area contributed by atoms with E-state index in [4.69, 9.17) is 25.5 Å². The largest absolute Gasteiger partial charge is 0.395 e. The lowest BCUT2D eigenvalue weighted by Gasteiger charge is -2.11. The molecule has 0 aromatic heterocycles. The molecule has 0 radical (unpaired) electrons. The zero-order valence-electron chi connectivity index (χ0n) is 8.50. The van der Waals surface area contributed by atoms with Crippen LogP contribution in [0.3, 0.4) is 0 Å². The summed E-state index contributed by atoms with van der Waals surface area (Å²) in [4.78, 5) is 1.86. The second-order valence-electron chi connectivity index (χ2n) is 2.77. The van der Waals surface area contributed by atoms with Gasteiger partial charge < -0.3 is 30.4 Å². The fourth-order valence-electron chi connectivity index (χ4n) is 0.511. The van der Waals surface area contributed by atoms with E-state index >= 15 is 0 Å². The third-order valence-electron chi connectivity index (χ3n) is 1.38. The van der Waals surface area contributed by atoms with Crippen LogP contribution in [0, 0.1) is 0 Å². The van der Waals surface area contributed by atoms with Gasteiger partial charge in [-0.2, -0.15) is 0 Å². The van der Waals surface area contributed by atoms with Crippen molar-refractivity contribution in [2.75, 3.05) is 46.6 Å². The normalized spacial score (nSPS) is 10.3. The number of hydrogen-bond donors (Lipinski definition) is 5. The smallest absolute Gasteiger partial charge is 0.100 e. The Balaban J connectivity index is 0. The molecule has 0 saturated carbocycles. The Morgan fingerprint density at radius 2 is 1.29 bits per heavy atom. The average Bonchev–Trinajstić information content (AvgIpc) is 2.18. The SMILES string of the molecule is CN(CCO)CCO.OCC(O)CO. The Bertz CT molecular complexity index is 93.7. The monoisotopic (exact) mass is 211 g/mol. The Kier molecular flexibility index (Phi) is 14.8. The fourth-order valence-corrected chi connectivity index (χ4v) is 0.511. The van der Waals surface area contributed by atoms with Crippen LogP contribution < -0.4 is 0 Å². The Labute approximate surface area is 84.0 Å². The quantitative estimate of drug-likeness (QED) is 0.326. The van der Waals surface area contributed by atoms with Crippen LogP contribution in [-0.4, -0.2) is 83.1 Å². The van der Waals surface area contributed by atoms with Crippen molar-refractivity contribution in [2.45, 2.75) is 6.10 Å². The summed E-state index contributed by atoms with van der Waals surface area (Å²) in [5, 5.41) is 40.7. The highest BCUT2D eigenvalue weighted by Gasteiger charge is 1.93. The zero-order valence-corrected chi connectivity index (χ0v) is 8.50. The molecule has 0 spiro atoms. The van der Waals surface area contributed by atoms with Crippen LogP contribution in [0.5, 0.6) is 0 Å². The molecular formula is C8H21NO5. The summed E-state index contributed by atoms with van der Waals surface area (Å²) in [6.07, 6.45) is -0.954. The van der Waals surface area contributed by atoms with E-state index in [2.05, 4.69) is 0 Å². The van der Waals surface area contributed by atoms with E-state index in [1.165, 1.54) is 0 Å². The molecule has 6 heteroatoms. The molecule has 0 saturated heterocycles. The van der Waals surface area contributed by atoms with Gasteiger partial charge in [0.05, 0.1) is 26.4 Å². The van der Waals surface area contributed by atoms with Crippen molar-refractivity contribution in [1.29, 1.82) is 0 Å². The summed E-state index contributed by atoms with van der Waals surface area (Å²) in [5.74, 6) is 0. The summed E-state index contributed by atoms with van der Waals surface area (Å²) in [7, 11) is 1.85. The van der Waals surface area contributed by atoms with Crippen molar-refractivity contribution in [3.05, 3.63) is 0 Å². The van der Waals surface area contributed by atoms with E-state index < -0.39 is 6.10 Å². The molecule has 0 aromatic carbocycles. The molecular weight excluding hydrogens is 190 g/mol. The van der Waals surface area contributed by atoms with Gasteiger partial charge in [0.1, 0.15) is 6.10 Å². The predicted octanol–water partition coefficient (Wildman–Crippen LogP) is -2.77. The second-order valence-corrected chi connectivity index (χ2v) is 2.77. The van der Waals surface area contributed by atoms with Crippen LogP contribution in [0.1, 0.15) is 0 Å². The number of rotatable bonds is 6. The van der Waals surface area contributed by atoms with Gasteiger partial charge in [-0.15, -0.1) is 0 Å². The van der Waals surface area contributed by atoms with Gasteiger partial charge in [-0.3, -0.25) is 0 Å². The topological polar surface area (TPSA) is 104 Å².